The van der Waals surface area contributed by atoms with Crippen molar-refractivity contribution in [1.29, 1.82) is 0 Å². The SMILES string of the molecule is Cc1cccc(C(=O)NC(C(=O)NC(C)c2ccccc2Cl)C(C)C)c1. The maximum absolute atomic E-state index is 12.7. The third kappa shape index (κ3) is 5.09. The lowest BCUT2D eigenvalue weighted by molar-refractivity contribution is -0.124. The van der Waals surface area contributed by atoms with Crippen molar-refractivity contribution in [2.75, 3.05) is 0 Å². The largest absolute Gasteiger partial charge is 0.348 e. The zero-order valence-corrected chi connectivity index (χ0v) is 16.3. The van der Waals surface area contributed by atoms with E-state index in [1.165, 1.54) is 0 Å². The summed E-state index contributed by atoms with van der Waals surface area (Å²) in [5.74, 6) is -0.538. The number of hydrogen-bond donors (Lipinski definition) is 2. The molecule has 0 fully saturated rings. The van der Waals surface area contributed by atoms with E-state index in [0.717, 1.165) is 11.1 Å². The monoisotopic (exact) mass is 372 g/mol. The minimum Gasteiger partial charge on any atom is -0.348 e. The molecular formula is C21H25ClN2O2. The van der Waals surface area contributed by atoms with Crippen LogP contribution in [0, 0.1) is 12.8 Å². The summed E-state index contributed by atoms with van der Waals surface area (Å²) in [6.07, 6.45) is 0. The standard InChI is InChI=1S/C21H25ClN2O2/c1-13(2)19(24-20(25)16-9-7-8-14(3)12-16)21(26)23-15(4)17-10-5-6-11-18(17)22/h5-13,15,19H,1-4H3,(H,23,26)(H,24,25). The zero-order chi connectivity index (χ0) is 19.3. The second kappa shape index (κ2) is 8.86. The fourth-order valence-electron chi connectivity index (χ4n) is 2.75. The molecule has 0 heterocycles. The Bertz CT molecular complexity index is 789. The van der Waals surface area contributed by atoms with Crippen molar-refractivity contribution in [2.45, 2.75) is 39.8 Å². The Kier molecular flexibility index (Phi) is 6.81. The summed E-state index contributed by atoms with van der Waals surface area (Å²) < 4.78 is 0. The van der Waals surface area contributed by atoms with Gasteiger partial charge in [-0.05, 0) is 43.5 Å². The number of amides is 2. The van der Waals surface area contributed by atoms with Gasteiger partial charge in [-0.15, -0.1) is 0 Å². The average Bonchev–Trinajstić information content (AvgIpc) is 2.59. The van der Waals surface area contributed by atoms with Gasteiger partial charge >= 0.3 is 0 Å². The molecule has 2 aromatic rings. The van der Waals surface area contributed by atoms with Crippen LogP contribution in [0.1, 0.15) is 48.3 Å². The van der Waals surface area contributed by atoms with Crippen LogP contribution < -0.4 is 10.6 Å². The molecule has 26 heavy (non-hydrogen) atoms. The molecule has 0 saturated carbocycles. The predicted octanol–water partition coefficient (Wildman–Crippen LogP) is 4.28. The number of nitrogens with one attached hydrogen (secondary N) is 2. The van der Waals surface area contributed by atoms with E-state index in [2.05, 4.69) is 10.6 Å². The number of carbonyl (C=O) groups excluding carboxylic acids is 2. The van der Waals surface area contributed by atoms with Gasteiger partial charge in [-0.2, -0.15) is 0 Å². The summed E-state index contributed by atoms with van der Waals surface area (Å²) in [5, 5.41) is 6.40. The number of aryl methyl sites for hydroxylation is 1. The van der Waals surface area contributed by atoms with Gasteiger partial charge in [-0.1, -0.05) is 61.3 Å². The van der Waals surface area contributed by atoms with Crippen LogP contribution >= 0.6 is 11.6 Å². The van der Waals surface area contributed by atoms with Crippen molar-refractivity contribution in [3.05, 3.63) is 70.2 Å². The van der Waals surface area contributed by atoms with Crippen LogP contribution in [0.15, 0.2) is 48.5 Å². The Hall–Kier alpha value is -2.33. The van der Waals surface area contributed by atoms with Gasteiger partial charge in [0.1, 0.15) is 6.04 Å². The normalized spacial score (nSPS) is 13.2. The molecule has 0 aliphatic carbocycles. The molecule has 2 rings (SSSR count). The summed E-state index contributed by atoms with van der Waals surface area (Å²) in [4.78, 5) is 25.3. The Labute approximate surface area is 159 Å². The van der Waals surface area contributed by atoms with E-state index >= 15 is 0 Å². The maximum Gasteiger partial charge on any atom is 0.251 e. The Morgan fingerprint density at radius 1 is 0.962 bits per heavy atom. The predicted molar refractivity (Wildman–Crippen MR) is 105 cm³/mol. The molecule has 0 aliphatic heterocycles. The van der Waals surface area contributed by atoms with E-state index in [1.807, 2.05) is 58.0 Å². The highest BCUT2D eigenvalue weighted by Crippen LogP contribution is 2.22. The van der Waals surface area contributed by atoms with Crippen molar-refractivity contribution in [1.82, 2.24) is 10.6 Å². The topological polar surface area (TPSA) is 58.2 Å². The summed E-state index contributed by atoms with van der Waals surface area (Å²) in [7, 11) is 0. The number of halogens is 1. The number of hydrogen-bond acceptors (Lipinski definition) is 2. The first-order valence-electron chi connectivity index (χ1n) is 8.72. The molecule has 0 aromatic heterocycles. The number of benzene rings is 2. The number of carbonyl (C=O) groups is 2. The van der Waals surface area contributed by atoms with Crippen LogP contribution in [-0.4, -0.2) is 17.9 Å². The van der Waals surface area contributed by atoms with Gasteiger partial charge in [-0.25, -0.2) is 0 Å². The molecule has 2 amide bonds. The molecule has 0 saturated heterocycles. The van der Waals surface area contributed by atoms with Crippen molar-refractivity contribution in [3.8, 4) is 0 Å². The lowest BCUT2D eigenvalue weighted by atomic mass is 10.0. The first kappa shape index (κ1) is 20.0. The van der Waals surface area contributed by atoms with Crippen molar-refractivity contribution >= 4 is 23.4 Å². The quantitative estimate of drug-likeness (QED) is 0.795. The van der Waals surface area contributed by atoms with E-state index in [1.54, 1.807) is 18.2 Å². The van der Waals surface area contributed by atoms with Crippen molar-refractivity contribution in [2.24, 2.45) is 5.92 Å². The van der Waals surface area contributed by atoms with Crippen LogP contribution in [0.25, 0.3) is 0 Å². The second-order valence-electron chi connectivity index (χ2n) is 6.82. The molecule has 0 aliphatic rings. The maximum atomic E-state index is 12.7. The third-order valence-electron chi connectivity index (χ3n) is 4.25. The Balaban J connectivity index is 2.10. The van der Waals surface area contributed by atoms with Gasteiger partial charge in [0.2, 0.25) is 5.91 Å². The first-order chi connectivity index (χ1) is 12.3. The molecule has 2 unspecified atom stereocenters. The molecule has 4 nitrogen and oxygen atoms in total. The summed E-state index contributed by atoms with van der Waals surface area (Å²) in [5.41, 5.74) is 2.38. The van der Waals surface area contributed by atoms with Crippen molar-refractivity contribution < 1.29 is 9.59 Å². The molecule has 2 aromatic carbocycles. The second-order valence-corrected chi connectivity index (χ2v) is 7.22. The summed E-state index contributed by atoms with van der Waals surface area (Å²) in [6, 6.07) is 13.8. The van der Waals surface area contributed by atoms with Crippen molar-refractivity contribution in [3.63, 3.8) is 0 Å². The minimum absolute atomic E-state index is 0.0535. The summed E-state index contributed by atoms with van der Waals surface area (Å²) >= 11 is 6.20. The fraction of sp³-hybridized carbons (Fsp3) is 0.333. The van der Waals surface area contributed by atoms with Crippen LogP contribution in [0.4, 0.5) is 0 Å². The van der Waals surface area contributed by atoms with Crippen LogP contribution in [0.5, 0.6) is 0 Å². The molecule has 0 bridgehead atoms. The Morgan fingerprint density at radius 3 is 2.27 bits per heavy atom. The molecule has 2 N–H and O–H groups in total. The Morgan fingerprint density at radius 2 is 1.65 bits per heavy atom. The smallest absolute Gasteiger partial charge is 0.251 e. The van der Waals surface area contributed by atoms with Gasteiger partial charge in [-0.3, -0.25) is 9.59 Å². The van der Waals surface area contributed by atoms with E-state index in [-0.39, 0.29) is 23.8 Å². The fourth-order valence-corrected chi connectivity index (χ4v) is 3.05. The van der Waals surface area contributed by atoms with Gasteiger partial charge in [0.25, 0.3) is 5.91 Å². The zero-order valence-electron chi connectivity index (χ0n) is 15.5. The van der Waals surface area contributed by atoms with Crippen LogP contribution in [0.2, 0.25) is 5.02 Å². The van der Waals surface area contributed by atoms with E-state index in [9.17, 15) is 9.59 Å². The van der Waals surface area contributed by atoms with E-state index < -0.39 is 6.04 Å². The van der Waals surface area contributed by atoms with Gasteiger partial charge in [0.15, 0.2) is 0 Å². The number of rotatable bonds is 6. The average molecular weight is 373 g/mol. The lowest BCUT2D eigenvalue weighted by Gasteiger charge is -2.24. The molecule has 2 atom stereocenters. The minimum atomic E-state index is -0.632. The highest BCUT2D eigenvalue weighted by Gasteiger charge is 2.26. The van der Waals surface area contributed by atoms with Crippen LogP contribution in [0.3, 0.4) is 0 Å². The third-order valence-corrected chi connectivity index (χ3v) is 4.59. The van der Waals surface area contributed by atoms with Gasteiger partial charge in [0.05, 0.1) is 6.04 Å². The van der Waals surface area contributed by atoms with E-state index in [0.29, 0.717) is 10.6 Å². The van der Waals surface area contributed by atoms with Gasteiger partial charge in [0, 0.05) is 10.6 Å². The highest BCUT2D eigenvalue weighted by atomic mass is 35.5. The molecule has 0 spiro atoms. The molecule has 0 radical (unpaired) electrons. The lowest BCUT2D eigenvalue weighted by Crippen LogP contribution is -2.50. The first-order valence-corrected chi connectivity index (χ1v) is 9.09. The highest BCUT2D eigenvalue weighted by molar-refractivity contribution is 6.31. The molecule has 138 valence electrons. The van der Waals surface area contributed by atoms with E-state index in [4.69, 9.17) is 11.6 Å². The van der Waals surface area contributed by atoms with Crippen LogP contribution in [-0.2, 0) is 4.79 Å². The summed E-state index contributed by atoms with van der Waals surface area (Å²) in [6.45, 7) is 7.61. The molecule has 5 heteroatoms. The molecular weight excluding hydrogens is 348 g/mol. The van der Waals surface area contributed by atoms with Gasteiger partial charge < -0.3 is 10.6 Å².